The highest BCUT2D eigenvalue weighted by molar-refractivity contribution is 6.20. The number of aliphatic imine (C=N–C) groups is 2. The number of hydrogen-bond acceptors (Lipinski definition) is 5. The molecule has 2 N–H and O–H groups in total. The molecule has 5 heterocycles. The molecule has 0 aliphatic carbocycles. The van der Waals surface area contributed by atoms with Crippen LogP contribution < -0.4 is 25.5 Å². The molecule has 7 rings (SSSR count). The van der Waals surface area contributed by atoms with Crippen LogP contribution in [0.3, 0.4) is 0 Å². The van der Waals surface area contributed by atoms with Crippen molar-refractivity contribution in [3.05, 3.63) is 136 Å². The van der Waals surface area contributed by atoms with Crippen LogP contribution in [-0.4, -0.2) is 100 Å². The van der Waals surface area contributed by atoms with E-state index in [-0.39, 0.29) is 6.04 Å². The molecule has 0 spiro atoms. The molecule has 0 radical (unpaired) electrons. The van der Waals surface area contributed by atoms with Crippen LogP contribution in [0.2, 0.25) is 0 Å². The Morgan fingerprint density at radius 3 is 2.04 bits per heavy atom. The average Bonchev–Trinajstić information content (AvgIpc) is 3.91. The summed E-state index contributed by atoms with van der Waals surface area (Å²) in [6.45, 7) is 3.43. The summed E-state index contributed by atoms with van der Waals surface area (Å²) in [7, 11) is 13.3. The van der Waals surface area contributed by atoms with Crippen molar-refractivity contribution in [3.63, 3.8) is 0 Å². The standard InChI is InChI=1S/C44H52N6O2/c1-49(2,3)23-9-25-51-39-13-7-11-32(27-39)43-41-20-19-37(47-41)30-35-16-15-34(45-35)29-36-17-18-38(46-36)31-44(22-21-42(43)48-44)33-12-8-14-40(28-33)52-26-10-24-50(4,5)6/h7-8,11-22,27-31,42,45,48H,9-10,23-26H2,1-6H3/q+2. The fourth-order valence-electron chi connectivity index (χ4n) is 6.98. The van der Waals surface area contributed by atoms with Gasteiger partial charge < -0.3 is 23.4 Å². The number of aromatic nitrogens is 1. The molecule has 8 nitrogen and oxygen atoms in total. The van der Waals surface area contributed by atoms with E-state index in [1.54, 1.807) is 0 Å². The Morgan fingerprint density at radius 2 is 1.35 bits per heavy atom. The molecular weight excluding hydrogens is 645 g/mol. The van der Waals surface area contributed by atoms with Gasteiger partial charge in [0.15, 0.2) is 0 Å². The number of aromatic amines is 1. The highest BCUT2D eigenvalue weighted by atomic mass is 16.5. The normalized spacial score (nSPS) is 20.7. The Labute approximate surface area is 308 Å². The first-order valence-electron chi connectivity index (χ1n) is 18.3. The van der Waals surface area contributed by atoms with Crippen molar-refractivity contribution in [2.75, 3.05) is 68.6 Å². The second-order valence-corrected chi connectivity index (χ2v) is 16.1. The Balaban J connectivity index is 1.29. The van der Waals surface area contributed by atoms with E-state index in [4.69, 9.17) is 19.5 Å². The van der Waals surface area contributed by atoms with Gasteiger partial charge >= 0.3 is 0 Å². The Bertz CT molecular complexity index is 2160. The second kappa shape index (κ2) is 14.5. The Morgan fingerprint density at radius 1 is 0.712 bits per heavy atom. The molecule has 0 saturated heterocycles. The quantitative estimate of drug-likeness (QED) is 0.154. The summed E-state index contributed by atoms with van der Waals surface area (Å²) in [6.07, 6.45) is 21.2. The van der Waals surface area contributed by atoms with Crippen molar-refractivity contribution >= 4 is 29.1 Å². The number of rotatable bonds is 12. The van der Waals surface area contributed by atoms with Crippen molar-refractivity contribution < 1.29 is 18.4 Å². The zero-order valence-corrected chi connectivity index (χ0v) is 31.4. The maximum absolute atomic E-state index is 6.32. The predicted molar refractivity (Wildman–Crippen MR) is 214 cm³/mol. The van der Waals surface area contributed by atoms with E-state index in [1.165, 1.54) is 0 Å². The predicted octanol–water partition coefficient (Wildman–Crippen LogP) is 5.28. The smallest absolute Gasteiger partial charge is 0.119 e. The van der Waals surface area contributed by atoms with E-state index in [0.717, 1.165) is 96.6 Å². The van der Waals surface area contributed by atoms with E-state index in [1.807, 2.05) is 12.1 Å². The Hall–Kier alpha value is -5.02. The molecule has 4 aliphatic rings. The Kier molecular flexibility index (Phi) is 9.90. The first kappa shape index (κ1) is 35.4. The number of nitrogens with one attached hydrogen (secondary N) is 2. The van der Waals surface area contributed by atoms with Gasteiger partial charge in [-0.05, 0) is 90.1 Å². The van der Waals surface area contributed by atoms with Gasteiger partial charge in [-0.15, -0.1) is 0 Å². The third kappa shape index (κ3) is 8.70. The summed E-state index contributed by atoms with van der Waals surface area (Å²) >= 11 is 0. The lowest BCUT2D eigenvalue weighted by atomic mass is 9.89. The van der Waals surface area contributed by atoms with Crippen LogP contribution in [0.1, 0.15) is 24.0 Å². The molecule has 0 amide bonds. The van der Waals surface area contributed by atoms with E-state index in [2.05, 4.69) is 156 Å². The van der Waals surface area contributed by atoms with E-state index in [9.17, 15) is 0 Å². The lowest BCUT2D eigenvalue weighted by molar-refractivity contribution is -0.870. The van der Waals surface area contributed by atoms with Crippen molar-refractivity contribution in [1.82, 2.24) is 10.3 Å². The van der Waals surface area contributed by atoms with Gasteiger partial charge in [0.1, 0.15) is 11.5 Å². The number of H-pyrrole nitrogens is 1. The van der Waals surface area contributed by atoms with Gasteiger partial charge in [-0.1, -0.05) is 36.4 Å². The van der Waals surface area contributed by atoms with Crippen LogP contribution in [0.15, 0.2) is 125 Å². The second-order valence-electron chi connectivity index (χ2n) is 16.1. The fourth-order valence-corrected chi connectivity index (χ4v) is 6.98. The molecule has 0 fully saturated rings. The monoisotopic (exact) mass is 696 g/mol. The summed E-state index contributed by atoms with van der Waals surface area (Å²) < 4.78 is 14.5. The zero-order valence-electron chi connectivity index (χ0n) is 31.4. The average molecular weight is 697 g/mol. The fraction of sp³-hybridized carbons (Fsp3) is 0.318. The van der Waals surface area contributed by atoms with Gasteiger partial charge in [0.25, 0.3) is 0 Å². The van der Waals surface area contributed by atoms with E-state index in [0.29, 0.717) is 13.2 Å². The van der Waals surface area contributed by atoms with Gasteiger partial charge in [-0.3, -0.25) is 5.32 Å². The number of quaternary nitrogens is 2. The first-order valence-corrected chi connectivity index (χ1v) is 18.3. The molecule has 3 aromatic rings. The minimum atomic E-state index is -0.659. The topological polar surface area (TPSA) is 71.0 Å². The van der Waals surface area contributed by atoms with Gasteiger partial charge in [-0.25, -0.2) is 9.98 Å². The lowest BCUT2D eigenvalue weighted by Gasteiger charge is -2.30. The number of fused-ring (bicyclic) bond motifs is 6. The SMILES string of the molecule is C[N+](C)(C)CCCOc1cccc(C2=C3C=CC(=N3)C=c3ccc([nH]3)=CC3=NC(=CC4(c5cccc(OCCC[N+](C)(C)C)c5)C=CC2N4)C=C3)c1. The molecule has 4 aliphatic heterocycles. The summed E-state index contributed by atoms with van der Waals surface area (Å²) in [5.41, 5.74) is 6.17. The molecule has 2 aromatic carbocycles. The van der Waals surface area contributed by atoms with Crippen molar-refractivity contribution in [2.45, 2.75) is 24.4 Å². The van der Waals surface area contributed by atoms with Crippen LogP contribution in [0, 0.1) is 0 Å². The van der Waals surface area contributed by atoms with Gasteiger partial charge in [0, 0.05) is 29.1 Å². The number of benzene rings is 2. The highest BCUT2D eigenvalue weighted by Crippen LogP contribution is 2.39. The zero-order chi connectivity index (χ0) is 36.3. The van der Waals surface area contributed by atoms with Gasteiger partial charge in [0.05, 0.1) is 103 Å². The summed E-state index contributed by atoms with van der Waals surface area (Å²) in [5.74, 6) is 1.71. The molecule has 2 unspecified atom stereocenters. The molecule has 8 bridgehead atoms. The molecule has 2 atom stereocenters. The summed E-state index contributed by atoms with van der Waals surface area (Å²) in [5, 5.41) is 6.02. The highest BCUT2D eigenvalue weighted by Gasteiger charge is 2.37. The van der Waals surface area contributed by atoms with Crippen LogP contribution >= 0.6 is 0 Å². The molecule has 8 heteroatoms. The van der Waals surface area contributed by atoms with E-state index < -0.39 is 5.54 Å². The van der Waals surface area contributed by atoms with Gasteiger partial charge in [0.2, 0.25) is 0 Å². The van der Waals surface area contributed by atoms with Crippen LogP contribution in [0.25, 0.3) is 17.7 Å². The minimum Gasteiger partial charge on any atom is -0.493 e. The van der Waals surface area contributed by atoms with Crippen molar-refractivity contribution in [3.8, 4) is 11.5 Å². The molecule has 0 saturated carbocycles. The molecule has 52 heavy (non-hydrogen) atoms. The van der Waals surface area contributed by atoms with Crippen molar-refractivity contribution in [1.29, 1.82) is 0 Å². The summed E-state index contributed by atoms with van der Waals surface area (Å²) in [4.78, 5) is 13.7. The maximum atomic E-state index is 6.32. The summed E-state index contributed by atoms with van der Waals surface area (Å²) in [6, 6.07) is 20.9. The molecular formula is C44H52N6O2+2. The minimum absolute atomic E-state index is 0.160. The van der Waals surface area contributed by atoms with Crippen LogP contribution in [0.5, 0.6) is 11.5 Å². The number of ether oxygens (including phenoxy) is 2. The maximum Gasteiger partial charge on any atom is 0.119 e. The third-order valence-electron chi connectivity index (χ3n) is 9.53. The number of allylic oxidation sites excluding steroid dienone is 4. The van der Waals surface area contributed by atoms with E-state index >= 15 is 0 Å². The molecule has 268 valence electrons. The van der Waals surface area contributed by atoms with Crippen molar-refractivity contribution in [2.24, 2.45) is 9.98 Å². The van der Waals surface area contributed by atoms with Crippen LogP contribution in [0.4, 0.5) is 0 Å². The van der Waals surface area contributed by atoms with Gasteiger partial charge in [-0.2, -0.15) is 0 Å². The number of hydrogen-bond donors (Lipinski definition) is 2. The van der Waals surface area contributed by atoms with Crippen LogP contribution in [-0.2, 0) is 5.54 Å². The first-order chi connectivity index (χ1) is 24.9. The molecule has 1 aromatic heterocycles. The lowest BCUT2D eigenvalue weighted by Crippen LogP contribution is -2.41. The largest absolute Gasteiger partial charge is 0.493 e. The number of nitrogens with zero attached hydrogens (tertiary/aromatic N) is 4. The third-order valence-corrected chi connectivity index (χ3v) is 9.53.